The molecule has 0 unspecified atom stereocenters. The average molecular weight is 190 g/mol. The Bertz CT molecular complexity index is 326. The third-order valence-electron chi connectivity index (χ3n) is 2.32. The first-order valence-electron chi connectivity index (χ1n) is 4.77. The second-order valence-electron chi connectivity index (χ2n) is 3.49. The number of benzene rings is 1. The predicted octanol–water partition coefficient (Wildman–Crippen LogP) is 3.94. The lowest BCUT2D eigenvalue weighted by Crippen LogP contribution is -1.91. The smallest absolute Gasteiger partial charge is 0.0148 e. The molecule has 0 saturated heterocycles. The molecule has 2 rings (SSSR count). The van der Waals surface area contributed by atoms with Crippen molar-refractivity contribution >= 4 is 11.8 Å². The molecule has 1 heteroatoms. The molecule has 1 aliphatic rings. The Morgan fingerprint density at radius 2 is 2.23 bits per heavy atom. The van der Waals surface area contributed by atoms with Crippen molar-refractivity contribution in [2.75, 3.05) is 0 Å². The maximum atomic E-state index is 2.32. The molecule has 0 spiro atoms. The molecular weight excluding hydrogens is 176 g/mol. The van der Waals surface area contributed by atoms with E-state index in [0.717, 1.165) is 0 Å². The highest BCUT2D eigenvalue weighted by Crippen LogP contribution is 2.28. The molecule has 1 aliphatic heterocycles. The quantitative estimate of drug-likeness (QED) is 0.597. The van der Waals surface area contributed by atoms with Crippen LogP contribution in [0, 0.1) is 6.92 Å². The van der Waals surface area contributed by atoms with Crippen LogP contribution in [0.15, 0.2) is 34.6 Å². The summed E-state index contributed by atoms with van der Waals surface area (Å²) in [5.41, 5.74) is 2.90. The lowest BCUT2D eigenvalue weighted by molar-refractivity contribution is 0.827. The number of rotatable bonds is 0. The molecular formula is C12H14S. The number of allylic oxidation sites excluding steroid dienone is 1. The van der Waals surface area contributed by atoms with Crippen LogP contribution in [-0.2, 0) is 6.42 Å². The molecule has 0 saturated carbocycles. The van der Waals surface area contributed by atoms with E-state index in [2.05, 4.69) is 36.6 Å². The van der Waals surface area contributed by atoms with Gasteiger partial charge in [0, 0.05) is 4.90 Å². The van der Waals surface area contributed by atoms with Gasteiger partial charge in [-0.2, -0.15) is 0 Å². The van der Waals surface area contributed by atoms with E-state index >= 15 is 0 Å². The zero-order valence-corrected chi connectivity index (χ0v) is 8.73. The largest absolute Gasteiger partial charge is 0.0981 e. The minimum absolute atomic E-state index is 1.22. The highest BCUT2D eigenvalue weighted by atomic mass is 32.2. The van der Waals surface area contributed by atoms with Crippen molar-refractivity contribution in [3.63, 3.8) is 0 Å². The van der Waals surface area contributed by atoms with Gasteiger partial charge < -0.3 is 0 Å². The summed E-state index contributed by atoms with van der Waals surface area (Å²) in [7, 11) is 0. The lowest BCUT2D eigenvalue weighted by Gasteiger charge is -2.10. The standard InChI is InChI=1S/C12H14S/c1-10-6-7-12-11(9-10)5-3-2-4-8-13-12/h4,6-9H,2-3,5H2,1H3/b8-4+. The van der Waals surface area contributed by atoms with E-state index in [0.29, 0.717) is 0 Å². The minimum Gasteiger partial charge on any atom is -0.0981 e. The molecule has 0 aliphatic carbocycles. The van der Waals surface area contributed by atoms with Crippen LogP contribution in [0.5, 0.6) is 0 Å². The van der Waals surface area contributed by atoms with Crippen LogP contribution in [0.1, 0.15) is 24.0 Å². The molecule has 0 radical (unpaired) electrons. The Labute approximate surface area is 84.0 Å². The fourth-order valence-electron chi connectivity index (χ4n) is 1.62. The number of hydrogen-bond donors (Lipinski definition) is 0. The number of fused-ring (bicyclic) bond motifs is 1. The molecule has 1 heterocycles. The van der Waals surface area contributed by atoms with Crippen LogP contribution in [0.4, 0.5) is 0 Å². The first-order chi connectivity index (χ1) is 6.36. The fraction of sp³-hybridized carbons (Fsp3) is 0.333. The van der Waals surface area contributed by atoms with Crippen LogP contribution in [0.2, 0.25) is 0 Å². The van der Waals surface area contributed by atoms with Gasteiger partial charge in [0.15, 0.2) is 0 Å². The van der Waals surface area contributed by atoms with Gasteiger partial charge in [-0.1, -0.05) is 35.5 Å². The van der Waals surface area contributed by atoms with Crippen molar-refractivity contribution in [2.24, 2.45) is 0 Å². The number of aryl methyl sites for hydroxylation is 2. The van der Waals surface area contributed by atoms with Gasteiger partial charge in [-0.05, 0) is 43.2 Å². The van der Waals surface area contributed by atoms with E-state index in [9.17, 15) is 0 Å². The van der Waals surface area contributed by atoms with E-state index in [1.54, 1.807) is 0 Å². The van der Waals surface area contributed by atoms with E-state index in [4.69, 9.17) is 0 Å². The Kier molecular flexibility index (Phi) is 2.74. The molecule has 1 aromatic carbocycles. The summed E-state index contributed by atoms with van der Waals surface area (Å²) in [5.74, 6) is 0. The van der Waals surface area contributed by atoms with Gasteiger partial charge in [0.25, 0.3) is 0 Å². The minimum atomic E-state index is 1.22. The molecule has 0 amide bonds. The molecule has 0 N–H and O–H groups in total. The number of hydrogen-bond acceptors (Lipinski definition) is 1. The van der Waals surface area contributed by atoms with Crippen LogP contribution in [0.3, 0.4) is 0 Å². The lowest BCUT2D eigenvalue weighted by atomic mass is 10.1. The summed E-state index contributed by atoms with van der Waals surface area (Å²) in [6, 6.07) is 6.76. The summed E-state index contributed by atoms with van der Waals surface area (Å²) in [5, 5.41) is 2.22. The highest BCUT2D eigenvalue weighted by molar-refractivity contribution is 8.02. The van der Waals surface area contributed by atoms with E-state index in [-0.39, 0.29) is 0 Å². The summed E-state index contributed by atoms with van der Waals surface area (Å²) in [6.07, 6.45) is 6.01. The second kappa shape index (κ2) is 4.01. The predicted molar refractivity (Wildman–Crippen MR) is 59.1 cm³/mol. The van der Waals surface area contributed by atoms with Gasteiger partial charge >= 0.3 is 0 Å². The molecule has 0 aromatic heterocycles. The van der Waals surface area contributed by atoms with Crippen molar-refractivity contribution in [2.45, 2.75) is 31.1 Å². The third kappa shape index (κ3) is 2.16. The molecule has 13 heavy (non-hydrogen) atoms. The van der Waals surface area contributed by atoms with Crippen molar-refractivity contribution in [1.82, 2.24) is 0 Å². The highest BCUT2D eigenvalue weighted by Gasteiger charge is 2.03. The van der Waals surface area contributed by atoms with E-state index in [1.165, 1.54) is 35.3 Å². The first kappa shape index (κ1) is 8.89. The van der Waals surface area contributed by atoms with Crippen molar-refractivity contribution in [3.8, 4) is 0 Å². The van der Waals surface area contributed by atoms with Gasteiger partial charge in [0.1, 0.15) is 0 Å². The SMILES string of the molecule is Cc1ccc2c(c1)CCC/C=C/S2. The van der Waals surface area contributed by atoms with Crippen LogP contribution in [0.25, 0.3) is 0 Å². The topological polar surface area (TPSA) is 0 Å². The maximum absolute atomic E-state index is 2.32. The molecule has 0 bridgehead atoms. The van der Waals surface area contributed by atoms with Gasteiger partial charge in [-0.25, -0.2) is 0 Å². The maximum Gasteiger partial charge on any atom is 0.0148 e. The van der Waals surface area contributed by atoms with Gasteiger partial charge in [-0.3, -0.25) is 0 Å². The normalized spacial score (nSPS) is 18.5. The Morgan fingerprint density at radius 1 is 1.31 bits per heavy atom. The van der Waals surface area contributed by atoms with Crippen molar-refractivity contribution in [3.05, 3.63) is 40.8 Å². The molecule has 1 aromatic rings. The Morgan fingerprint density at radius 3 is 3.15 bits per heavy atom. The molecule has 0 nitrogen and oxygen atoms in total. The van der Waals surface area contributed by atoms with E-state index < -0.39 is 0 Å². The van der Waals surface area contributed by atoms with Crippen LogP contribution >= 0.6 is 11.8 Å². The van der Waals surface area contributed by atoms with Crippen molar-refractivity contribution < 1.29 is 0 Å². The number of thioether (sulfide) groups is 1. The van der Waals surface area contributed by atoms with Crippen LogP contribution < -0.4 is 0 Å². The fourth-order valence-corrected chi connectivity index (χ4v) is 2.46. The summed E-state index contributed by atoms with van der Waals surface area (Å²) in [6.45, 7) is 2.17. The summed E-state index contributed by atoms with van der Waals surface area (Å²) >= 11 is 1.85. The second-order valence-corrected chi connectivity index (χ2v) is 4.44. The summed E-state index contributed by atoms with van der Waals surface area (Å²) < 4.78 is 0. The Hall–Kier alpha value is -0.690. The molecule has 0 fully saturated rings. The average Bonchev–Trinajstić information content (AvgIpc) is 2.08. The first-order valence-corrected chi connectivity index (χ1v) is 5.65. The monoisotopic (exact) mass is 190 g/mol. The zero-order chi connectivity index (χ0) is 9.10. The van der Waals surface area contributed by atoms with Crippen LogP contribution in [-0.4, -0.2) is 0 Å². The van der Waals surface area contributed by atoms with Crippen molar-refractivity contribution in [1.29, 1.82) is 0 Å². The molecule has 0 atom stereocenters. The van der Waals surface area contributed by atoms with Gasteiger partial charge in [0.2, 0.25) is 0 Å². The molecule has 68 valence electrons. The van der Waals surface area contributed by atoms with Gasteiger partial charge in [-0.15, -0.1) is 0 Å². The summed E-state index contributed by atoms with van der Waals surface area (Å²) in [4.78, 5) is 1.43. The third-order valence-corrected chi connectivity index (χ3v) is 3.30. The van der Waals surface area contributed by atoms with Gasteiger partial charge in [0.05, 0.1) is 0 Å². The van der Waals surface area contributed by atoms with E-state index in [1.807, 2.05) is 11.8 Å². The Balaban J connectivity index is 2.35. The zero-order valence-electron chi connectivity index (χ0n) is 7.92.